The highest BCUT2D eigenvalue weighted by atomic mass is 16.6. The van der Waals surface area contributed by atoms with Crippen LogP contribution in [0.4, 0.5) is 10.5 Å². The summed E-state index contributed by atoms with van der Waals surface area (Å²) < 4.78 is 16.0. The highest BCUT2D eigenvalue weighted by molar-refractivity contribution is 5.67. The number of carbonyl (C=O) groups excluding carboxylic acids is 1. The SMILES string of the molecule is COc1ccc(OC)c(N2CCC(CNC(=O)OC(C)(C)C)C2)c1. The summed E-state index contributed by atoms with van der Waals surface area (Å²) in [6.07, 6.45) is 0.649. The second-order valence-electron chi connectivity index (χ2n) is 7.02. The first kappa shape index (κ1) is 18.2. The fourth-order valence-electron chi connectivity index (χ4n) is 2.80. The van der Waals surface area contributed by atoms with Crippen LogP contribution in [0.2, 0.25) is 0 Å². The number of rotatable bonds is 5. The fourth-order valence-corrected chi connectivity index (χ4v) is 2.80. The minimum Gasteiger partial charge on any atom is -0.497 e. The van der Waals surface area contributed by atoms with Gasteiger partial charge in [-0.15, -0.1) is 0 Å². The molecule has 6 heteroatoms. The summed E-state index contributed by atoms with van der Waals surface area (Å²) in [5.41, 5.74) is 0.552. The summed E-state index contributed by atoms with van der Waals surface area (Å²) in [6.45, 7) is 7.97. The lowest BCUT2D eigenvalue weighted by Crippen LogP contribution is -2.36. The molecule has 1 aliphatic rings. The van der Waals surface area contributed by atoms with E-state index >= 15 is 0 Å². The summed E-state index contributed by atoms with van der Waals surface area (Å²) >= 11 is 0. The summed E-state index contributed by atoms with van der Waals surface area (Å²) in [7, 11) is 3.33. The normalized spacial score (nSPS) is 17.5. The second-order valence-corrected chi connectivity index (χ2v) is 7.02. The molecule has 1 saturated heterocycles. The van der Waals surface area contributed by atoms with Crippen molar-refractivity contribution in [1.29, 1.82) is 0 Å². The van der Waals surface area contributed by atoms with Crippen LogP contribution in [0, 0.1) is 5.92 Å². The Bertz CT molecular complexity index is 569. The molecule has 6 nitrogen and oxygen atoms in total. The van der Waals surface area contributed by atoms with E-state index in [1.165, 1.54) is 0 Å². The smallest absolute Gasteiger partial charge is 0.407 e. The average Bonchev–Trinajstić information content (AvgIpc) is 2.99. The van der Waals surface area contributed by atoms with E-state index in [-0.39, 0.29) is 6.09 Å². The van der Waals surface area contributed by atoms with Crippen LogP contribution in [0.5, 0.6) is 11.5 Å². The largest absolute Gasteiger partial charge is 0.497 e. The lowest BCUT2D eigenvalue weighted by molar-refractivity contribution is 0.0520. The number of ether oxygens (including phenoxy) is 3. The number of alkyl carbamates (subject to hydrolysis) is 1. The maximum absolute atomic E-state index is 11.8. The van der Waals surface area contributed by atoms with Crippen LogP contribution in [0.1, 0.15) is 27.2 Å². The predicted octanol–water partition coefficient (Wildman–Crippen LogP) is 3.05. The maximum atomic E-state index is 11.8. The molecule has 1 unspecified atom stereocenters. The molecule has 134 valence electrons. The third kappa shape index (κ3) is 4.94. The van der Waals surface area contributed by atoms with Gasteiger partial charge in [0.05, 0.1) is 19.9 Å². The van der Waals surface area contributed by atoms with Crippen LogP contribution >= 0.6 is 0 Å². The molecule has 1 N–H and O–H groups in total. The van der Waals surface area contributed by atoms with E-state index < -0.39 is 5.60 Å². The van der Waals surface area contributed by atoms with E-state index in [0.29, 0.717) is 12.5 Å². The van der Waals surface area contributed by atoms with Gasteiger partial charge in [0, 0.05) is 25.7 Å². The van der Waals surface area contributed by atoms with E-state index in [4.69, 9.17) is 14.2 Å². The van der Waals surface area contributed by atoms with Crippen LogP contribution in [-0.4, -0.2) is 45.5 Å². The number of hydrogen-bond acceptors (Lipinski definition) is 5. The van der Waals surface area contributed by atoms with Gasteiger partial charge in [0.15, 0.2) is 0 Å². The number of nitrogens with zero attached hydrogens (tertiary/aromatic N) is 1. The van der Waals surface area contributed by atoms with Gasteiger partial charge in [-0.2, -0.15) is 0 Å². The van der Waals surface area contributed by atoms with Gasteiger partial charge >= 0.3 is 6.09 Å². The Morgan fingerprint density at radius 1 is 1.29 bits per heavy atom. The molecule has 0 spiro atoms. The lowest BCUT2D eigenvalue weighted by atomic mass is 10.1. The molecule has 1 fully saturated rings. The van der Waals surface area contributed by atoms with Crippen molar-refractivity contribution < 1.29 is 19.0 Å². The molecule has 2 rings (SSSR count). The van der Waals surface area contributed by atoms with Gasteiger partial charge < -0.3 is 24.4 Å². The van der Waals surface area contributed by atoms with Crippen LogP contribution in [0.25, 0.3) is 0 Å². The van der Waals surface area contributed by atoms with E-state index in [2.05, 4.69) is 10.2 Å². The average molecular weight is 336 g/mol. The zero-order chi connectivity index (χ0) is 17.7. The first-order valence-electron chi connectivity index (χ1n) is 8.26. The van der Waals surface area contributed by atoms with Crippen molar-refractivity contribution >= 4 is 11.8 Å². The monoisotopic (exact) mass is 336 g/mol. The first-order chi connectivity index (χ1) is 11.3. The number of benzene rings is 1. The van der Waals surface area contributed by atoms with E-state index in [1.807, 2.05) is 39.0 Å². The molecular formula is C18H28N2O4. The first-order valence-corrected chi connectivity index (χ1v) is 8.26. The van der Waals surface area contributed by atoms with Gasteiger partial charge in [0.2, 0.25) is 0 Å². The van der Waals surface area contributed by atoms with Gasteiger partial charge in [-0.25, -0.2) is 4.79 Å². The number of carbonyl (C=O) groups is 1. The molecule has 0 aliphatic carbocycles. The zero-order valence-electron chi connectivity index (χ0n) is 15.2. The van der Waals surface area contributed by atoms with Gasteiger partial charge in [0.1, 0.15) is 17.1 Å². The number of anilines is 1. The molecule has 1 amide bonds. The highest BCUT2D eigenvalue weighted by Crippen LogP contribution is 2.35. The van der Waals surface area contributed by atoms with Crippen molar-refractivity contribution in [2.75, 3.05) is 38.8 Å². The van der Waals surface area contributed by atoms with Crippen LogP contribution < -0.4 is 19.7 Å². The zero-order valence-corrected chi connectivity index (χ0v) is 15.2. The van der Waals surface area contributed by atoms with E-state index in [1.54, 1.807) is 14.2 Å². The quantitative estimate of drug-likeness (QED) is 0.895. The van der Waals surface area contributed by atoms with E-state index in [0.717, 1.165) is 36.7 Å². The van der Waals surface area contributed by atoms with Gasteiger partial charge in [-0.3, -0.25) is 0 Å². The third-order valence-electron chi connectivity index (χ3n) is 3.95. The standard InChI is InChI=1S/C18H28N2O4/c1-18(2,3)24-17(21)19-11-13-8-9-20(12-13)15-10-14(22-4)6-7-16(15)23-5/h6-7,10,13H,8-9,11-12H2,1-5H3,(H,19,21). The van der Waals surface area contributed by atoms with Crippen molar-refractivity contribution in [3.63, 3.8) is 0 Å². The Morgan fingerprint density at radius 3 is 2.67 bits per heavy atom. The number of hydrogen-bond donors (Lipinski definition) is 1. The summed E-state index contributed by atoms with van der Waals surface area (Å²) in [6, 6.07) is 5.79. The maximum Gasteiger partial charge on any atom is 0.407 e. The lowest BCUT2D eigenvalue weighted by Gasteiger charge is -2.23. The number of nitrogens with one attached hydrogen (secondary N) is 1. The Kier molecular flexibility index (Phi) is 5.80. The number of amides is 1. The number of methoxy groups -OCH3 is 2. The topological polar surface area (TPSA) is 60.0 Å². The Hall–Kier alpha value is -2.11. The minimum atomic E-state index is -0.472. The molecule has 0 saturated carbocycles. The minimum absolute atomic E-state index is 0.361. The van der Waals surface area contributed by atoms with Crippen molar-refractivity contribution in [2.45, 2.75) is 32.8 Å². The third-order valence-corrected chi connectivity index (χ3v) is 3.95. The molecule has 0 aromatic heterocycles. The van der Waals surface area contributed by atoms with E-state index in [9.17, 15) is 4.79 Å². The molecule has 1 aromatic rings. The highest BCUT2D eigenvalue weighted by Gasteiger charge is 2.26. The second kappa shape index (κ2) is 7.64. The Labute approximate surface area is 144 Å². The molecule has 24 heavy (non-hydrogen) atoms. The van der Waals surface area contributed by atoms with Gasteiger partial charge in [-0.05, 0) is 45.2 Å². The fraction of sp³-hybridized carbons (Fsp3) is 0.611. The van der Waals surface area contributed by atoms with Crippen molar-refractivity contribution in [2.24, 2.45) is 5.92 Å². The van der Waals surface area contributed by atoms with Crippen LogP contribution in [0.3, 0.4) is 0 Å². The van der Waals surface area contributed by atoms with Crippen molar-refractivity contribution in [3.8, 4) is 11.5 Å². The summed E-state index contributed by atoms with van der Waals surface area (Å²) in [5, 5.41) is 2.86. The van der Waals surface area contributed by atoms with Crippen LogP contribution in [-0.2, 0) is 4.74 Å². The summed E-state index contributed by atoms with van der Waals surface area (Å²) in [5.74, 6) is 2.02. The molecular weight excluding hydrogens is 308 g/mol. The molecule has 0 bridgehead atoms. The molecule has 1 heterocycles. The molecule has 1 aliphatic heterocycles. The van der Waals surface area contributed by atoms with Crippen LogP contribution in [0.15, 0.2) is 18.2 Å². The molecule has 1 aromatic carbocycles. The predicted molar refractivity (Wildman–Crippen MR) is 94.1 cm³/mol. The van der Waals surface area contributed by atoms with Crippen molar-refractivity contribution in [3.05, 3.63) is 18.2 Å². The van der Waals surface area contributed by atoms with Gasteiger partial charge in [0.25, 0.3) is 0 Å². The Balaban J connectivity index is 1.92. The molecule has 0 radical (unpaired) electrons. The Morgan fingerprint density at radius 2 is 2.04 bits per heavy atom. The van der Waals surface area contributed by atoms with Crippen molar-refractivity contribution in [1.82, 2.24) is 5.32 Å². The van der Waals surface area contributed by atoms with Gasteiger partial charge in [-0.1, -0.05) is 0 Å². The summed E-state index contributed by atoms with van der Waals surface area (Å²) in [4.78, 5) is 14.0. The molecule has 1 atom stereocenters.